The van der Waals surface area contributed by atoms with Crippen molar-refractivity contribution in [3.05, 3.63) is 45.3 Å². The third kappa shape index (κ3) is 3.43. The summed E-state index contributed by atoms with van der Waals surface area (Å²) in [6.07, 6.45) is 0.619. The van der Waals surface area contributed by atoms with Gasteiger partial charge in [-0.3, -0.25) is 4.79 Å². The van der Waals surface area contributed by atoms with Crippen molar-refractivity contribution in [3.63, 3.8) is 0 Å². The zero-order chi connectivity index (χ0) is 15.4. The summed E-state index contributed by atoms with van der Waals surface area (Å²) in [6, 6.07) is 5.37. The fraction of sp³-hybridized carbons (Fsp3) is 0.214. The monoisotopic (exact) mass is 325 g/mol. The Morgan fingerprint density at radius 2 is 2.10 bits per heavy atom. The fourth-order valence-electron chi connectivity index (χ4n) is 1.86. The van der Waals surface area contributed by atoms with Crippen molar-refractivity contribution in [1.29, 1.82) is 0 Å². The van der Waals surface area contributed by atoms with Gasteiger partial charge in [0.1, 0.15) is 22.5 Å². The molecule has 2 aromatic rings. The van der Waals surface area contributed by atoms with Crippen LogP contribution < -0.4 is 10.1 Å². The molecule has 1 aromatic heterocycles. The zero-order valence-electron chi connectivity index (χ0n) is 11.5. The lowest BCUT2D eigenvalue weighted by Crippen LogP contribution is -2.08. The minimum atomic E-state index is 0.117. The summed E-state index contributed by atoms with van der Waals surface area (Å²) in [5.41, 5.74) is 0.985. The molecular formula is C14H13Cl2N3O2. The maximum absolute atomic E-state index is 11.1. The number of aldehydes is 1. The van der Waals surface area contributed by atoms with Crippen LogP contribution in [0.25, 0.3) is 0 Å². The van der Waals surface area contributed by atoms with Crippen LogP contribution in [0.15, 0.2) is 18.2 Å². The molecule has 1 N–H and O–H groups in total. The van der Waals surface area contributed by atoms with Crippen LogP contribution in [0.5, 0.6) is 5.75 Å². The maximum atomic E-state index is 11.1. The van der Waals surface area contributed by atoms with Crippen LogP contribution in [0.2, 0.25) is 10.2 Å². The Hall–Kier alpha value is -1.85. The molecule has 0 aliphatic heterocycles. The summed E-state index contributed by atoms with van der Waals surface area (Å²) in [5.74, 6) is 1.49. The van der Waals surface area contributed by atoms with Gasteiger partial charge in [-0.25, -0.2) is 9.97 Å². The van der Waals surface area contributed by atoms with E-state index >= 15 is 0 Å². The number of carbonyl (C=O) groups is 1. The molecule has 0 spiro atoms. The summed E-state index contributed by atoms with van der Waals surface area (Å²) in [4.78, 5) is 19.2. The highest BCUT2D eigenvalue weighted by Crippen LogP contribution is 2.27. The number of methoxy groups -OCH3 is 1. The summed E-state index contributed by atoms with van der Waals surface area (Å²) < 4.78 is 5.27. The molecule has 0 aliphatic carbocycles. The average molecular weight is 326 g/mol. The lowest BCUT2D eigenvalue weighted by Gasteiger charge is -2.13. The summed E-state index contributed by atoms with van der Waals surface area (Å²) in [6.45, 7) is 2.04. The smallest absolute Gasteiger partial charge is 0.156 e. The molecule has 5 nitrogen and oxygen atoms in total. The molecule has 0 fully saturated rings. The predicted molar refractivity (Wildman–Crippen MR) is 82.5 cm³/mol. The van der Waals surface area contributed by atoms with Crippen LogP contribution in [0, 0.1) is 6.92 Å². The standard InChI is InChI=1S/C14H13Cl2N3O2/c1-8-18-13(16)10(7-20)14(19-8)17-6-9-11(15)4-3-5-12(9)21-2/h3-5,7H,6H2,1-2H3,(H,17,18,19). The van der Waals surface area contributed by atoms with Crippen LogP contribution >= 0.6 is 23.2 Å². The quantitative estimate of drug-likeness (QED) is 0.673. The number of halogens is 2. The molecule has 2 rings (SSSR count). The molecule has 110 valence electrons. The van der Waals surface area contributed by atoms with E-state index in [1.54, 1.807) is 26.2 Å². The van der Waals surface area contributed by atoms with Crippen molar-refractivity contribution in [1.82, 2.24) is 9.97 Å². The Morgan fingerprint density at radius 3 is 2.76 bits per heavy atom. The van der Waals surface area contributed by atoms with E-state index in [4.69, 9.17) is 27.9 Å². The van der Waals surface area contributed by atoms with E-state index in [0.29, 0.717) is 35.2 Å². The lowest BCUT2D eigenvalue weighted by atomic mass is 10.2. The van der Waals surface area contributed by atoms with E-state index in [0.717, 1.165) is 5.56 Å². The molecule has 7 heteroatoms. The Kier molecular flexibility index (Phi) is 4.98. The number of aryl methyl sites for hydroxylation is 1. The maximum Gasteiger partial charge on any atom is 0.156 e. The summed E-state index contributed by atoms with van der Waals surface area (Å²) in [5, 5.41) is 3.72. The van der Waals surface area contributed by atoms with Crippen LogP contribution in [0.1, 0.15) is 21.7 Å². The number of nitrogens with one attached hydrogen (secondary N) is 1. The highest BCUT2D eigenvalue weighted by molar-refractivity contribution is 6.32. The van der Waals surface area contributed by atoms with Crippen LogP contribution in [0.4, 0.5) is 5.82 Å². The number of hydrogen-bond acceptors (Lipinski definition) is 5. The van der Waals surface area contributed by atoms with Crippen molar-refractivity contribution >= 4 is 35.3 Å². The molecule has 21 heavy (non-hydrogen) atoms. The van der Waals surface area contributed by atoms with Gasteiger partial charge in [0.15, 0.2) is 6.29 Å². The Bertz CT molecular complexity index is 678. The van der Waals surface area contributed by atoms with E-state index in [2.05, 4.69) is 15.3 Å². The molecular weight excluding hydrogens is 313 g/mol. The molecule has 1 heterocycles. The molecule has 0 amide bonds. The first-order valence-electron chi connectivity index (χ1n) is 6.11. The van der Waals surface area contributed by atoms with E-state index in [9.17, 15) is 4.79 Å². The summed E-state index contributed by atoms with van der Waals surface area (Å²) in [7, 11) is 1.57. The van der Waals surface area contributed by atoms with Gasteiger partial charge < -0.3 is 10.1 Å². The third-order valence-electron chi connectivity index (χ3n) is 2.86. The van der Waals surface area contributed by atoms with Crippen molar-refractivity contribution in [2.24, 2.45) is 0 Å². The molecule has 0 bridgehead atoms. The second-order valence-corrected chi connectivity index (χ2v) is 4.98. The van der Waals surface area contributed by atoms with Gasteiger partial charge in [0.05, 0.1) is 12.7 Å². The van der Waals surface area contributed by atoms with Gasteiger partial charge in [-0.15, -0.1) is 0 Å². The largest absolute Gasteiger partial charge is 0.496 e. The molecule has 0 aliphatic rings. The van der Waals surface area contributed by atoms with Gasteiger partial charge >= 0.3 is 0 Å². The van der Waals surface area contributed by atoms with Crippen LogP contribution in [-0.2, 0) is 6.54 Å². The molecule has 0 unspecified atom stereocenters. The number of rotatable bonds is 5. The normalized spacial score (nSPS) is 10.3. The minimum absolute atomic E-state index is 0.117. The van der Waals surface area contributed by atoms with Gasteiger partial charge in [0, 0.05) is 17.1 Å². The van der Waals surface area contributed by atoms with Crippen molar-refractivity contribution < 1.29 is 9.53 Å². The van der Waals surface area contributed by atoms with Gasteiger partial charge in [-0.2, -0.15) is 0 Å². The Balaban J connectivity index is 2.31. The number of anilines is 1. The molecule has 0 saturated carbocycles. The lowest BCUT2D eigenvalue weighted by molar-refractivity contribution is 0.112. The van der Waals surface area contributed by atoms with Gasteiger partial charge in [0.2, 0.25) is 0 Å². The first-order chi connectivity index (χ1) is 10.1. The van der Waals surface area contributed by atoms with E-state index in [1.165, 1.54) is 0 Å². The number of carbonyl (C=O) groups excluding carboxylic acids is 1. The summed E-state index contributed by atoms with van der Waals surface area (Å²) >= 11 is 12.1. The Morgan fingerprint density at radius 1 is 1.33 bits per heavy atom. The minimum Gasteiger partial charge on any atom is -0.496 e. The van der Waals surface area contributed by atoms with E-state index < -0.39 is 0 Å². The number of ether oxygens (including phenoxy) is 1. The van der Waals surface area contributed by atoms with Gasteiger partial charge in [0.25, 0.3) is 0 Å². The highest BCUT2D eigenvalue weighted by atomic mass is 35.5. The topological polar surface area (TPSA) is 64.1 Å². The Labute approximate surface area is 132 Å². The third-order valence-corrected chi connectivity index (χ3v) is 3.50. The van der Waals surface area contributed by atoms with Gasteiger partial charge in [-0.1, -0.05) is 29.3 Å². The molecule has 0 saturated heterocycles. The molecule has 0 atom stereocenters. The zero-order valence-corrected chi connectivity index (χ0v) is 13.0. The van der Waals surface area contributed by atoms with Crippen molar-refractivity contribution in [2.75, 3.05) is 12.4 Å². The number of nitrogens with zero attached hydrogens (tertiary/aromatic N) is 2. The molecule has 1 aromatic carbocycles. The fourth-order valence-corrected chi connectivity index (χ4v) is 2.35. The van der Waals surface area contributed by atoms with Crippen molar-refractivity contribution in [2.45, 2.75) is 13.5 Å². The average Bonchev–Trinajstić information content (AvgIpc) is 2.45. The highest BCUT2D eigenvalue weighted by Gasteiger charge is 2.13. The first kappa shape index (κ1) is 15.5. The van der Waals surface area contributed by atoms with Crippen LogP contribution in [0.3, 0.4) is 0 Å². The van der Waals surface area contributed by atoms with E-state index in [-0.39, 0.29) is 10.7 Å². The van der Waals surface area contributed by atoms with Gasteiger partial charge in [-0.05, 0) is 19.1 Å². The first-order valence-corrected chi connectivity index (χ1v) is 6.87. The SMILES string of the molecule is COc1cccc(Cl)c1CNc1nc(C)nc(Cl)c1C=O. The van der Waals surface area contributed by atoms with E-state index in [1.807, 2.05) is 6.07 Å². The second kappa shape index (κ2) is 6.74. The van der Waals surface area contributed by atoms with Crippen molar-refractivity contribution in [3.8, 4) is 5.75 Å². The predicted octanol–water partition coefficient (Wildman–Crippen LogP) is 3.53. The second-order valence-electron chi connectivity index (χ2n) is 4.22. The number of benzene rings is 1. The van der Waals surface area contributed by atoms with Crippen LogP contribution in [-0.4, -0.2) is 23.4 Å². The molecule has 0 radical (unpaired) electrons. The number of aromatic nitrogens is 2. The number of hydrogen-bond donors (Lipinski definition) is 1.